The summed E-state index contributed by atoms with van der Waals surface area (Å²) in [6.07, 6.45) is 0.113. The monoisotopic (exact) mass is 538 g/mol. The van der Waals surface area contributed by atoms with Crippen LogP contribution < -0.4 is 19.6 Å². The van der Waals surface area contributed by atoms with Crippen molar-refractivity contribution in [1.29, 1.82) is 0 Å². The lowest BCUT2D eigenvalue weighted by molar-refractivity contribution is 0.184. The number of epoxide rings is 1. The van der Waals surface area contributed by atoms with E-state index >= 15 is 0 Å². The summed E-state index contributed by atoms with van der Waals surface area (Å²) in [5.41, 5.74) is 2.47. The van der Waals surface area contributed by atoms with Gasteiger partial charge in [0, 0.05) is 18.1 Å². The fourth-order valence-corrected chi connectivity index (χ4v) is 4.96. The topological polar surface area (TPSA) is 90.7 Å². The predicted molar refractivity (Wildman–Crippen MR) is 152 cm³/mol. The molecule has 2 atom stereocenters. The normalized spacial score (nSPS) is 18.1. The van der Waals surface area contributed by atoms with Crippen LogP contribution in [-0.2, 0) is 24.4 Å². The van der Waals surface area contributed by atoms with Gasteiger partial charge in [-0.2, -0.15) is 0 Å². The van der Waals surface area contributed by atoms with Crippen molar-refractivity contribution in [1.82, 2.24) is 0 Å². The number of para-hydroxylation sites is 1. The van der Waals surface area contributed by atoms with E-state index in [4.69, 9.17) is 23.4 Å². The molecule has 0 aliphatic carbocycles. The average molecular weight is 539 g/mol. The summed E-state index contributed by atoms with van der Waals surface area (Å²) in [4.78, 5) is 13.9. The van der Waals surface area contributed by atoms with Gasteiger partial charge in [-0.3, -0.25) is 4.79 Å². The quantitative estimate of drug-likeness (QED) is 0.177. The van der Waals surface area contributed by atoms with Gasteiger partial charge in [-0.1, -0.05) is 66.7 Å². The lowest BCUT2D eigenvalue weighted by Crippen LogP contribution is -2.17. The van der Waals surface area contributed by atoms with Gasteiger partial charge in [0.15, 0.2) is 11.3 Å². The molecule has 1 N–H and O–H groups in total. The van der Waals surface area contributed by atoms with Gasteiger partial charge in [0.2, 0.25) is 5.43 Å². The Morgan fingerprint density at radius 1 is 0.825 bits per heavy atom. The molecule has 0 spiro atoms. The van der Waals surface area contributed by atoms with Gasteiger partial charge in [-0.25, -0.2) is 0 Å². The first-order chi connectivity index (χ1) is 19.5. The van der Waals surface area contributed by atoms with Crippen molar-refractivity contribution in [3.05, 3.63) is 112 Å². The first kappa shape index (κ1) is 25.9. The molecule has 1 aliphatic heterocycles. The summed E-state index contributed by atoms with van der Waals surface area (Å²) in [5, 5.41) is 10.6. The fraction of sp³-hybridized carbons (Fsp3) is 0.242. The molecule has 4 aromatic carbocycles. The summed E-state index contributed by atoms with van der Waals surface area (Å²) in [6, 6.07) is 26.6. The molecule has 0 bridgehead atoms. The molecule has 2 heterocycles. The molecule has 0 radical (unpaired) electrons. The molecule has 40 heavy (non-hydrogen) atoms. The van der Waals surface area contributed by atoms with Crippen LogP contribution in [0.5, 0.6) is 17.2 Å². The predicted octanol–water partition coefficient (Wildman–Crippen LogP) is 5.81. The Morgan fingerprint density at radius 3 is 2.08 bits per heavy atom. The number of aliphatic hydroxyl groups excluding tert-OH is 1. The number of ether oxygens (including phenoxy) is 4. The summed E-state index contributed by atoms with van der Waals surface area (Å²) in [7, 11) is 1.52. The van der Waals surface area contributed by atoms with Gasteiger partial charge in [-0.15, -0.1) is 0 Å². The summed E-state index contributed by atoms with van der Waals surface area (Å²) in [6.45, 7) is 2.38. The van der Waals surface area contributed by atoms with Crippen molar-refractivity contribution < 1.29 is 28.5 Å². The highest BCUT2D eigenvalue weighted by Crippen LogP contribution is 2.44. The number of fused-ring (bicyclic) bond motifs is 2. The van der Waals surface area contributed by atoms with E-state index in [9.17, 15) is 9.90 Å². The second kappa shape index (κ2) is 10.7. The van der Waals surface area contributed by atoms with Gasteiger partial charge in [0.25, 0.3) is 0 Å². The Bertz CT molecular complexity index is 1710. The van der Waals surface area contributed by atoms with Crippen molar-refractivity contribution >= 4 is 21.9 Å². The molecule has 1 aromatic heterocycles. The lowest BCUT2D eigenvalue weighted by Gasteiger charge is -2.17. The molecule has 0 amide bonds. The zero-order valence-electron chi connectivity index (χ0n) is 22.4. The highest BCUT2D eigenvalue weighted by Gasteiger charge is 2.52. The number of hydrogen-bond acceptors (Lipinski definition) is 7. The maximum atomic E-state index is 13.9. The molecule has 1 saturated heterocycles. The van der Waals surface area contributed by atoms with E-state index in [1.54, 1.807) is 24.3 Å². The van der Waals surface area contributed by atoms with E-state index in [-0.39, 0.29) is 18.1 Å². The largest absolute Gasteiger partial charge is 0.496 e. The van der Waals surface area contributed by atoms with Crippen LogP contribution in [0.4, 0.5) is 0 Å². The molecule has 0 unspecified atom stereocenters. The molecular formula is C33H30O7. The second-order valence-corrected chi connectivity index (χ2v) is 10.2. The highest BCUT2D eigenvalue weighted by atomic mass is 16.6. The van der Waals surface area contributed by atoms with Gasteiger partial charge in [0.05, 0.1) is 25.2 Å². The van der Waals surface area contributed by atoms with Gasteiger partial charge >= 0.3 is 0 Å². The third-order valence-corrected chi connectivity index (χ3v) is 7.39. The van der Waals surface area contributed by atoms with Crippen LogP contribution in [0.15, 0.2) is 94.1 Å². The molecule has 204 valence electrons. The first-order valence-corrected chi connectivity index (χ1v) is 13.2. The standard InChI is InChI=1S/C33H30O7/c1-33(20-34)28(40-33)16-24-26(38-19-22-12-7-4-8-13-22)17-27(36-2)29-30(35)23-14-9-15-25(31(23)39-32(24)29)37-18-21-10-5-3-6-11-21/h3-15,17,28,34H,16,18-20H2,1-2H3/t28-,33+/m0/s1. The number of hydrogen-bond donors (Lipinski definition) is 1. The third-order valence-electron chi connectivity index (χ3n) is 7.39. The van der Waals surface area contributed by atoms with Gasteiger partial charge in [0.1, 0.15) is 41.3 Å². The van der Waals surface area contributed by atoms with E-state index in [0.29, 0.717) is 64.4 Å². The van der Waals surface area contributed by atoms with Crippen LogP contribution in [0.2, 0.25) is 0 Å². The Morgan fingerprint density at radius 2 is 1.48 bits per heavy atom. The van der Waals surface area contributed by atoms with Crippen molar-refractivity contribution in [3.8, 4) is 17.2 Å². The Labute approximate surface area is 231 Å². The third kappa shape index (κ3) is 4.90. The SMILES string of the molecule is COc1cc(OCc2ccccc2)c(C[C@@H]2O[C@]2(C)CO)c2oc3c(OCc4ccccc4)cccc3c(=O)c12. The minimum Gasteiger partial charge on any atom is -0.496 e. The van der Waals surface area contributed by atoms with Crippen molar-refractivity contribution in [2.24, 2.45) is 0 Å². The molecule has 7 nitrogen and oxygen atoms in total. The average Bonchev–Trinajstić information content (AvgIpc) is 3.66. The molecule has 6 rings (SSSR count). The Hall–Kier alpha value is -4.33. The smallest absolute Gasteiger partial charge is 0.204 e. The van der Waals surface area contributed by atoms with E-state index in [2.05, 4.69) is 0 Å². The Balaban J connectivity index is 1.50. The number of aliphatic hydroxyl groups is 1. The van der Waals surface area contributed by atoms with Crippen LogP contribution >= 0.6 is 0 Å². The van der Waals surface area contributed by atoms with Gasteiger partial charge in [-0.05, 0) is 30.2 Å². The maximum Gasteiger partial charge on any atom is 0.204 e. The zero-order valence-corrected chi connectivity index (χ0v) is 22.4. The minimum absolute atomic E-state index is 0.115. The van der Waals surface area contributed by atoms with Crippen LogP contribution in [0, 0.1) is 0 Å². The molecule has 5 aromatic rings. The molecular weight excluding hydrogens is 508 g/mol. The molecule has 1 aliphatic rings. The van der Waals surface area contributed by atoms with Crippen LogP contribution in [-0.4, -0.2) is 30.5 Å². The summed E-state index contributed by atoms with van der Waals surface area (Å²) < 4.78 is 30.5. The van der Waals surface area contributed by atoms with Crippen molar-refractivity contribution in [2.75, 3.05) is 13.7 Å². The van der Waals surface area contributed by atoms with Crippen molar-refractivity contribution in [3.63, 3.8) is 0 Å². The Kier molecular flexibility index (Phi) is 6.92. The second-order valence-electron chi connectivity index (χ2n) is 10.2. The van der Waals surface area contributed by atoms with Crippen LogP contribution in [0.1, 0.15) is 23.6 Å². The molecule has 7 heteroatoms. The maximum absolute atomic E-state index is 13.9. The summed E-state index contributed by atoms with van der Waals surface area (Å²) in [5.74, 6) is 1.34. The lowest BCUT2D eigenvalue weighted by atomic mass is 9.98. The van der Waals surface area contributed by atoms with Crippen molar-refractivity contribution in [2.45, 2.75) is 38.3 Å². The minimum atomic E-state index is -0.663. The fourth-order valence-electron chi connectivity index (χ4n) is 4.96. The van der Waals surface area contributed by atoms with E-state index in [0.717, 1.165) is 11.1 Å². The van der Waals surface area contributed by atoms with Crippen LogP contribution in [0.3, 0.4) is 0 Å². The molecule has 1 fully saturated rings. The molecule has 0 saturated carbocycles. The highest BCUT2D eigenvalue weighted by molar-refractivity contribution is 5.97. The van der Waals surface area contributed by atoms with Crippen LogP contribution in [0.25, 0.3) is 21.9 Å². The number of rotatable bonds is 10. The van der Waals surface area contributed by atoms with E-state index in [1.807, 2.05) is 67.6 Å². The first-order valence-electron chi connectivity index (χ1n) is 13.2. The van der Waals surface area contributed by atoms with E-state index < -0.39 is 5.60 Å². The number of methoxy groups -OCH3 is 1. The van der Waals surface area contributed by atoms with Gasteiger partial charge < -0.3 is 28.5 Å². The number of benzene rings is 4. The van der Waals surface area contributed by atoms with E-state index in [1.165, 1.54) is 7.11 Å². The summed E-state index contributed by atoms with van der Waals surface area (Å²) >= 11 is 0. The zero-order chi connectivity index (χ0) is 27.7.